The third kappa shape index (κ3) is 3.07. The van der Waals surface area contributed by atoms with Crippen LogP contribution in [0.25, 0.3) is 10.9 Å². The molecule has 6 heteroatoms. The monoisotopic (exact) mass is 376 g/mol. The Balaban J connectivity index is 1.86. The number of fused-ring (bicyclic) bond motifs is 3. The predicted molar refractivity (Wildman–Crippen MR) is 105 cm³/mol. The molecule has 0 aliphatic heterocycles. The number of aromatic nitrogens is 1. The summed E-state index contributed by atoms with van der Waals surface area (Å²) in [6.45, 7) is 0. The maximum absolute atomic E-state index is 11.9. The number of aromatic carboxylic acids is 1. The first-order valence-corrected chi connectivity index (χ1v) is 9.24. The van der Waals surface area contributed by atoms with Crippen LogP contribution in [0.1, 0.15) is 55.9 Å². The van der Waals surface area contributed by atoms with Gasteiger partial charge in [0.15, 0.2) is 5.75 Å². The Labute approximate surface area is 161 Å². The van der Waals surface area contributed by atoms with E-state index in [1.807, 2.05) is 6.07 Å². The quantitative estimate of drug-likeness (QED) is 0.647. The minimum absolute atomic E-state index is 0.109. The molecule has 0 atom stereocenters. The topological polar surface area (TPSA) is 114 Å². The van der Waals surface area contributed by atoms with Crippen LogP contribution in [0.5, 0.6) is 5.75 Å². The number of amides is 1. The van der Waals surface area contributed by atoms with Crippen LogP contribution in [0.3, 0.4) is 0 Å². The number of hydrogen-bond donors (Lipinski definition) is 3. The largest absolute Gasteiger partial charge is 0.505 e. The number of carboxylic acids is 1. The second kappa shape index (κ2) is 6.96. The van der Waals surface area contributed by atoms with Crippen LogP contribution in [-0.4, -0.2) is 27.1 Å². The van der Waals surface area contributed by atoms with E-state index in [2.05, 4.69) is 4.98 Å². The van der Waals surface area contributed by atoms with Crippen LogP contribution < -0.4 is 5.73 Å². The van der Waals surface area contributed by atoms with Gasteiger partial charge in [0.1, 0.15) is 5.56 Å². The van der Waals surface area contributed by atoms with E-state index in [1.54, 1.807) is 30.3 Å². The van der Waals surface area contributed by atoms with Crippen molar-refractivity contribution in [2.45, 2.75) is 32.1 Å². The van der Waals surface area contributed by atoms with Crippen molar-refractivity contribution in [1.29, 1.82) is 0 Å². The van der Waals surface area contributed by atoms with Crippen molar-refractivity contribution in [2.24, 2.45) is 5.73 Å². The number of hydrogen-bond acceptors (Lipinski definition) is 4. The fourth-order valence-electron chi connectivity index (χ4n) is 3.92. The molecule has 0 fully saturated rings. The van der Waals surface area contributed by atoms with Crippen LogP contribution in [0.2, 0.25) is 0 Å². The number of aryl methyl sites for hydroxylation is 2. The Hall–Kier alpha value is -3.41. The van der Waals surface area contributed by atoms with Crippen molar-refractivity contribution >= 4 is 22.8 Å². The number of nitrogens with zero attached hydrogens (tertiary/aromatic N) is 1. The van der Waals surface area contributed by atoms with E-state index in [-0.39, 0.29) is 17.7 Å². The lowest BCUT2D eigenvalue weighted by Gasteiger charge is -2.19. The van der Waals surface area contributed by atoms with Crippen LogP contribution >= 0.6 is 0 Å². The second-order valence-electron chi connectivity index (χ2n) is 7.13. The molecule has 2 aromatic carbocycles. The molecule has 1 aromatic heterocycles. The van der Waals surface area contributed by atoms with E-state index in [0.717, 1.165) is 36.8 Å². The molecule has 1 aliphatic rings. The highest BCUT2D eigenvalue weighted by Gasteiger charge is 2.23. The molecule has 1 amide bonds. The summed E-state index contributed by atoms with van der Waals surface area (Å²) in [5.41, 5.74) is 9.60. The van der Waals surface area contributed by atoms with Crippen molar-refractivity contribution < 1.29 is 19.8 Å². The molecule has 1 heterocycles. The van der Waals surface area contributed by atoms with Gasteiger partial charge in [0.05, 0.1) is 11.2 Å². The maximum Gasteiger partial charge on any atom is 0.340 e. The Morgan fingerprint density at radius 2 is 1.75 bits per heavy atom. The van der Waals surface area contributed by atoms with E-state index >= 15 is 0 Å². The zero-order valence-corrected chi connectivity index (χ0v) is 15.2. The SMILES string of the molecule is NC(=O)c1ccc(Cc2nc3c4c(ccc3c(C(=O)O)c2O)CCCC4)cc1. The van der Waals surface area contributed by atoms with E-state index in [1.165, 1.54) is 5.56 Å². The third-order valence-corrected chi connectivity index (χ3v) is 5.35. The number of benzene rings is 2. The average Bonchev–Trinajstić information content (AvgIpc) is 2.68. The second-order valence-corrected chi connectivity index (χ2v) is 7.13. The summed E-state index contributed by atoms with van der Waals surface area (Å²) in [6, 6.07) is 10.4. The van der Waals surface area contributed by atoms with Gasteiger partial charge in [-0.15, -0.1) is 0 Å². The van der Waals surface area contributed by atoms with E-state index in [9.17, 15) is 19.8 Å². The Morgan fingerprint density at radius 1 is 1.04 bits per heavy atom. The van der Waals surface area contributed by atoms with Crippen LogP contribution in [0, 0.1) is 0 Å². The summed E-state index contributed by atoms with van der Waals surface area (Å²) >= 11 is 0. The Bertz CT molecular complexity index is 1100. The van der Waals surface area contributed by atoms with Crippen molar-refractivity contribution in [3.05, 3.63) is 69.9 Å². The Morgan fingerprint density at radius 3 is 2.43 bits per heavy atom. The van der Waals surface area contributed by atoms with E-state index < -0.39 is 11.9 Å². The van der Waals surface area contributed by atoms with Gasteiger partial charge < -0.3 is 15.9 Å². The van der Waals surface area contributed by atoms with Crippen molar-refractivity contribution in [3.8, 4) is 5.75 Å². The molecule has 142 valence electrons. The van der Waals surface area contributed by atoms with Crippen molar-refractivity contribution in [1.82, 2.24) is 4.98 Å². The van der Waals surface area contributed by atoms with Gasteiger partial charge >= 0.3 is 5.97 Å². The molecule has 4 rings (SSSR count). The average molecular weight is 376 g/mol. The lowest BCUT2D eigenvalue weighted by molar-refractivity contribution is 0.0695. The number of primary amides is 1. The first kappa shape index (κ1) is 18.0. The molecule has 0 saturated heterocycles. The van der Waals surface area contributed by atoms with Gasteiger partial charge in [0, 0.05) is 17.4 Å². The standard InChI is InChI=1S/C22H20N2O4/c23-21(26)14-7-5-12(6-8-14)11-17-20(25)18(22(27)28)16-10-9-13-3-1-2-4-15(13)19(16)24-17/h5-10,25H,1-4,11H2,(H2,23,26)(H,27,28). The molecule has 0 spiro atoms. The van der Waals surface area contributed by atoms with Crippen molar-refractivity contribution in [2.75, 3.05) is 0 Å². The van der Waals surface area contributed by atoms with Gasteiger partial charge in [-0.25, -0.2) is 9.78 Å². The van der Waals surface area contributed by atoms with Crippen LogP contribution in [-0.2, 0) is 19.3 Å². The number of carboxylic acid groups (broad SMARTS) is 1. The lowest BCUT2D eigenvalue weighted by atomic mass is 9.88. The lowest BCUT2D eigenvalue weighted by Crippen LogP contribution is -2.11. The Kier molecular flexibility index (Phi) is 4.47. The molecule has 0 bridgehead atoms. The molecule has 1 aliphatic carbocycles. The minimum Gasteiger partial charge on any atom is -0.505 e. The van der Waals surface area contributed by atoms with Gasteiger partial charge in [-0.05, 0) is 54.5 Å². The van der Waals surface area contributed by atoms with Gasteiger partial charge in [0.2, 0.25) is 5.91 Å². The minimum atomic E-state index is -1.18. The first-order chi connectivity index (χ1) is 13.5. The third-order valence-electron chi connectivity index (χ3n) is 5.35. The summed E-state index contributed by atoms with van der Waals surface area (Å²) in [5, 5.41) is 20.8. The van der Waals surface area contributed by atoms with Gasteiger partial charge in [0.25, 0.3) is 0 Å². The van der Waals surface area contributed by atoms with Gasteiger partial charge in [-0.1, -0.05) is 24.3 Å². The molecule has 3 aromatic rings. The molecule has 0 unspecified atom stereocenters. The normalized spacial score (nSPS) is 13.3. The summed E-state index contributed by atoms with van der Waals surface area (Å²) < 4.78 is 0. The molecule has 6 nitrogen and oxygen atoms in total. The first-order valence-electron chi connectivity index (χ1n) is 9.24. The number of pyridine rings is 1. The summed E-state index contributed by atoms with van der Waals surface area (Å²) in [4.78, 5) is 27.8. The fourth-order valence-corrected chi connectivity index (χ4v) is 3.92. The summed E-state index contributed by atoms with van der Waals surface area (Å²) in [6.07, 6.45) is 4.23. The van der Waals surface area contributed by atoms with Gasteiger partial charge in [-0.2, -0.15) is 0 Å². The maximum atomic E-state index is 11.9. The molecule has 4 N–H and O–H groups in total. The van der Waals surface area contributed by atoms with E-state index in [0.29, 0.717) is 22.2 Å². The van der Waals surface area contributed by atoms with Crippen molar-refractivity contribution in [3.63, 3.8) is 0 Å². The molecule has 0 saturated carbocycles. The summed E-state index contributed by atoms with van der Waals surface area (Å²) in [7, 11) is 0. The smallest absolute Gasteiger partial charge is 0.340 e. The van der Waals surface area contributed by atoms with Crippen LogP contribution in [0.15, 0.2) is 36.4 Å². The summed E-state index contributed by atoms with van der Waals surface area (Å²) in [5.74, 6) is -2.00. The molecule has 0 radical (unpaired) electrons. The molecular formula is C22H20N2O4. The van der Waals surface area contributed by atoms with E-state index in [4.69, 9.17) is 5.73 Å². The molecular weight excluding hydrogens is 356 g/mol. The number of rotatable bonds is 4. The van der Waals surface area contributed by atoms with Gasteiger partial charge in [-0.3, -0.25) is 4.79 Å². The highest BCUT2D eigenvalue weighted by Crippen LogP contribution is 2.35. The number of nitrogens with two attached hydrogens (primary N) is 1. The zero-order chi connectivity index (χ0) is 19.8. The van der Waals surface area contributed by atoms with Crippen LogP contribution in [0.4, 0.5) is 0 Å². The number of carbonyl (C=O) groups is 2. The zero-order valence-electron chi connectivity index (χ0n) is 15.2. The number of carbonyl (C=O) groups excluding carboxylic acids is 1. The highest BCUT2D eigenvalue weighted by atomic mass is 16.4. The highest BCUT2D eigenvalue weighted by molar-refractivity contribution is 6.06. The molecule has 28 heavy (non-hydrogen) atoms. The predicted octanol–water partition coefficient (Wildman–Crippen LogP) is 3.21. The number of aromatic hydroxyl groups is 1. The fraction of sp³-hybridized carbons (Fsp3) is 0.227.